The molecule has 120 valence electrons. The first-order valence-corrected chi connectivity index (χ1v) is 7.30. The van der Waals surface area contributed by atoms with Crippen molar-refractivity contribution < 1.29 is 13.2 Å². The van der Waals surface area contributed by atoms with Gasteiger partial charge in [0.1, 0.15) is 0 Å². The third-order valence-corrected chi connectivity index (χ3v) is 3.70. The maximum Gasteiger partial charge on any atom is 0.416 e. The van der Waals surface area contributed by atoms with Crippen LogP contribution in [-0.4, -0.2) is 12.6 Å². The highest BCUT2D eigenvalue weighted by Gasteiger charge is 2.36. The summed E-state index contributed by atoms with van der Waals surface area (Å²) in [6, 6.07) is 4.79. The summed E-state index contributed by atoms with van der Waals surface area (Å²) in [5, 5.41) is 3.14. The number of nitrogens with two attached hydrogens (primary N) is 1. The van der Waals surface area contributed by atoms with Crippen molar-refractivity contribution in [3.05, 3.63) is 34.9 Å². The van der Waals surface area contributed by atoms with Gasteiger partial charge in [0.15, 0.2) is 0 Å². The average Bonchev–Trinajstić information content (AvgIpc) is 2.37. The number of benzene rings is 1. The summed E-state index contributed by atoms with van der Waals surface area (Å²) in [7, 11) is 0. The van der Waals surface area contributed by atoms with Gasteiger partial charge >= 0.3 is 6.18 Å². The van der Waals surface area contributed by atoms with Crippen LogP contribution in [0.2, 0.25) is 0 Å². The summed E-state index contributed by atoms with van der Waals surface area (Å²) < 4.78 is 40.1. The molecule has 1 atom stereocenters. The molecular formula is C16H25F3N2. The Balaban J connectivity index is 3.10. The highest BCUT2D eigenvalue weighted by molar-refractivity contribution is 5.39. The third-order valence-electron chi connectivity index (χ3n) is 3.70. The van der Waals surface area contributed by atoms with E-state index in [1.54, 1.807) is 26.0 Å². The molecule has 1 aromatic rings. The van der Waals surface area contributed by atoms with E-state index in [-0.39, 0.29) is 30.0 Å². The molecule has 0 fully saturated rings. The van der Waals surface area contributed by atoms with Gasteiger partial charge in [0.25, 0.3) is 0 Å². The maximum atomic E-state index is 13.4. The lowest BCUT2D eigenvalue weighted by Gasteiger charge is -2.24. The minimum absolute atomic E-state index is 0.00814. The Hall–Kier alpha value is -1.07. The predicted molar refractivity (Wildman–Crippen MR) is 80.1 cm³/mol. The van der Waals surface area contributed by atoms with Crippen LogP contribution in [0.1, 0.15) is 50.3 Å². The van der Waals surface area contributed by atoms with Crippen molar-refractivity contribution in [2.24, 2.45) is 11.7 Å². The fourth-order valence-corrected chi connectivity index (χ4v) is 2.43. The van der Waals surface area contributed by atoms with Crippen molar-refractivity contribution in [2.75, 3.05) is 6.54 Å². The number of hydrogen-bond acceptors (Lipinski definition) is 2. The van der Waals surface area contributed by atoms with E-state index in [1.807, 2.05) is 13.8 Å². The summed E-state index contributed by atoms with van der Waals surface area (Å²) >= 11 is 0. The fourth-order valence-electron chi connectivity index (χ4n) is 2.43. The molecule has 0 radical (unpaired) electrons. The molecule has 2 nitrogen and oxygen atoms in total. The SMILES string of the molecule is CC(C)c1cccc(CNC(CN)C(C)C)c1C(F)(F)F. The van der Waals surface area contributed by atoms with Crippen LogP contribution in [0.15, 0.2) is 18.2 Å². The Morgan fingerprint density at radius 2 is 1.76 bits per heavy atom. The first kappa shape index (κ1) is 18.0. The van der Waals surface area contributed by atoms with Gasteiger partial charge in [-0.1, -0.05) is 45.9 Å². The zero-order chi connectivity index (χ0) is 16.2. The topological polar surface area (TPSA) is 38.0 Å². The van der Waals surface area contributed by atoms with Gasteiger partial charge in [0, 0.05) is 19.1 Å². The van der Waals surface area contributed by atoms with Gasteiger partial charge in [0.2, 0.25) is 0 Å². The van der Waals surface area contributed by atoms with E-state index in [9.17, 15) is 13.2 Å². The molecule has 0 aromatic heterocycles. The van der Waals surface area contributed by atoms with Crippen molar-refractivity contribution in [3.8, 4) is 0 Å². The van der Waals surface area contributed by atoms with Gasteiger partial charge in [-0.25, -0.2) is 0 Å². The molecule has 0 heterocycles. The monoisotopic (exact) mass is 302 g/mol. The Morgan fingerprint density at radius 1 is 1.14 bits per heavy atom. The molecule has 1 unspecified atom stereocenters. The summed E-state index contributed by atoms with van der Waals surface area (Å²) in [6.07, 6.45) is -4.34. The minimum atomic E-state index is -4.34. The second kappa shape index (κ2) is 7.27. The van der Waals surface area contributed by atoms with Gasteiger partial charge < -0.3 is 11.1 Å². The van der Waals surface area contributed by atoms with Gasteiger partial charge in [-0.2, -0.15) is 13.2 Å². The van der Waals surface area contributed by atoms with Crippen LogP contribution in [0, 0.1) is 5.92 Å². The molecular weight excluding hydrogens is 277 g/mol. The molecule has 0 spiro atoms. The minimum Gasteiger partial charge on any atom is -0.329 e. The largest absolute Gasteiger partial charge is 0.416 e. The van der Waals surface area contributed by atoms with E-state index in [4.69, 9.17) is 5.73 Å². The van der Waals surface area contributed by atoms with Crippen LogP contribution >= 0.6 is 0 Å². The Labute approximate surface area is 124 Å². The molecule has 0 amide bonds. The molecule has 21 heavy (non-hydrogen) atoms. The first-order chi connectivity index (χ1) is 9.68. The lowest BCUT2D eigenvalue weighted by atomic mass is 9.92. The van der Waals surface area contributed by atoms with Crippen LogP contribution in [-0.2, 0) is 12.7 Å². The van der Waals surface area contributed by atoms with Gasteiger partial charge in [0.05, 0.1) is 5.56 Å². The molecule has 5 heteroatoms. The van der Waals surface area contributed by atoms with Crippen molar-refractivity contribution in [1.29, 1.82) is 0 Å². The molecule has 0 aliphatic carbocycles. The average molecular weight is 302 g/mol. The second-order valence-corrected chi connectivity index (χ2v) is 6.00. The van der Waals surface area contributed by atoms with Crippen molar-refractivity contribution in [1.82, 2.24) is 5.32 Å². The first-order valence-electron chi connectivity index (χ1n) is 7.30. The maximum absolute atomic E-state index is 13.4. The van der Waals surface area contributed by atoms with Crippen LogP contribution < -0.4 is 11.1 Å². The molecule has 0 bridgehead atoms. The lowest BCUT2D eigenvalue weighted by molar-refractivity contribution is -0.139. The zero-order valence-electron chi connectivity index (χ0n) is 13.1. The predicted octanol–water partition coefficient (Wildman–Crippen LogP) is 3.90. The Morgan fingerprint density at radius 3 is 2.19 bits per heavy atom. The zero-order valence-corrected chi connectivity index (χ0v) is 13.1. The molecule has 1 aromatic carbocycles. The van der Waals surface area contributed by atoms with Crippen molar-refractivity contribution >= 4 is 0 Å². The molecule has 1 rings (SSSR count). The molecule has 0 aliphatic rings. The Bertz CT molecular complexity index is 453. The van der Waals surface area contributed by atoms with E-state index in [0.29, 0.717) is 12.1 Å². The van der Waals surface area contributed by atoms with Crippen LogP contribution in [0.3, 0.4) is 0 Å². The Kier molecular flexibility index (Phi) is 6.23. The summed E-state index contributed by atoms with van der Waals surface area (Å²) in [4.78, 5) is 0. The van der Waals surface area contributed by atoms with Gasteiger partial charge in [-0.05, 0) is 23.0 Å². The summed E-state index contributed by atoms with van der Waals surface area (Å²) in [5.41, 5.74) is 5.78. The third kappa shape index (κ3) is 4.71. The van der Waals surface area contributed by atoms with E-state index < -0.39 is 11.7 Å². The lowest BCUT2D eigenvalue weighted by Crippen LogP contribution is -2.40. The number of halogens is 3. The molecule has 0 saturated heterocycles. The van der Waals surface area contributed by atoms with Gasteiger partial charge in [-0.3, -0.25) is 0 Å². The van der Waals surface area contributed by atoms with E-state index in [2.05, 4.69) is 5.32 Å². The highest BCUT2D eigenvalue weighted by Crippen LogP contribution is 2.37. The number of alkyl halides is 3. The van der Waals surface area contributed by atoms with Crippen LogP contribution in [0.25, 0.3) is 0 Å². The van der Waals surface area contributed by atoms with Crippen molar-refractivity contribution in [2.45, 2.75) is 52.4 Å². The van der Waals surface area contributed by atoms with Crippen LogP contribution in [0.4, 0.5) is 13.2 Å². The van der Waals surface area contributed by atoms with E-state index in [1.165, 1.54) is 6.07 Å². The summed E-state index contributed by atoms with van der Waals surface area (Å²) in [6.45, 7) is 8.13. The molecule has 0 aliphatic heterocycles. The number of nitrogens with one attached hydrogen (secondary N) is 1. The molecule has 3 N–H and O–H groups in total. The van der Waals surface area contributed by atoms with Gasteiger partial charge in [-0.15, -0.1) is 0 Å². The smallest absolute Gasteiger partial charge is 0.329 e. The van der Waals surface area contributed by atoms with Crippen molar-refractivity contribution in [3.63, 3.8) is 0 Å². The number of hydrogen-bond donors (Lipinski definition) is 2. The highest BCUT2D eigenvalue weighted by atomic mass is 19.4. The van der Waals surface area contributed by atoms with E-state index >= 15 is 0 Å². The fraction of sp³-hybridized carbons (Fsp3) is 0.625. The van der Waals surface area contributed by atoms with E-state index in [0.717, 1.165) is 0 Å². The summed E-state index contributed by atoms with van der Waals surface area (Å²) in [5.74, 6) is 0.106. The second-order valence-electron chi connectivity index (χ2n) is 6.00. The standard InChI is InChI=1S/C16H25F3N2/c1-10(2)13-7-5-6-12(15(13)16(17,18)19)9-21-14(8-20)11(3)4/h5-7,10-11,14,21H,8-9,20H2,1-4H3. The number of rotatable bonds is 6. The normalized spacial score (nSPS) is 14.0. The molecule has 0 saturated carbocycles. The van der Waals surface area contributed by atoms with Crippen LogP contribution in [0.5, 0.6) is 0 Å². The quantitative estimate of drug-likeness (QED) is 0.836.